The second-order valence-electron chi connectivity index (χ2n) is 6.21. The molecule has 1 unspecified atom stereocenters. The van der Waals surface area contributed by atoms with Crippen molar-refractivity contribution >= 4 is 23.1 Å². The zero-order chi connectivity index (χ0) is 16.9. The minimum Gasteiger partial charge on any atom is -0.598 e. The van der Waals surface area contributed by atoms with Gasteiger partial charge in [0.2, 0.25) is 0 Å². The van der Waals surface area contributed by atoms with Crippen LogP contribution < -0.4 is 4.72 Å². The molecule has 1 atom stereocenters. The lowest BCUT2D eigenvalue weighted by molar-refractivity contribution is 0.279. The van der Waals surface area contributed by atoms with E-state index in [0.29, 0.717) is 6.54 Å². The summed E-state index contributed by atoms with van der Waals surface area (Å²) in [6.45, 7) is 6.49. The fourth-order valence-electron chi connectivity index (χ4n) is 1.90. The average molecular weight is 350 g/mol. The Morgan fingerprint density at radius 1 is 1.09 bits per heavy atom. The molecule has 0 aliphatic rings. The molecule has 2 aromatic carbocycles. The molecule has 0 bridgehead atoms. The Morgan fingerprint density at radius 2 is 1.74 bits per heavy atom. The van der Waals surface area contributed by atoms with Crippen molar-refractivity contribution in [2.24, 2.45) is 0 Å². The summed E-state index contributed by atoms with van der Waals surface area (Å²) in [6.07, 6.45) is 0. The van der Waals surface area contributed by atoms with Crippen LogP contribution in [-0.2, 0) is 24.5 Å². The van der Waals surface area contributed by atoms with Gasteiger partial charge in [0.05, 0.1) is 13.2 Å². The topological polar surface area (TPSA) is 55.3 Å². The summed E-state index contributed by atoms with van der Waals surface area (Å²) in [5.74, 6) is 0. The molecule has 124 valence electrons. The van der Waals surface area contributed by atoms with E-state index in [9.17, 15) is 9.66 Å². The van der Waals surface area contributed by atoms with Crippen molar-refractivity contribution in [1.29, 1.82) is 0 Å². The average Bonchev–Trinajstić information content (AvgIpc) is 2.53. The van der Waals surface area contributed by atoms with E-state index in [2.05, 4.69) is 16.9 Å². The van der Waals surface area contributed by atoms with Crippen LogP contribution in [0.3, 0.4) is 0 Å². The summed E-state index contributed by atoms with van der Waals surface area (Å²) in [4.78, 5) is 2.18. The van der Waals surface area contributed by atoms with Crippen LogP contribution in [-0.4, -0.2) is 14.4 Å². The highest BCUT2D eigenvalue weighted by Crippen LogP contribution is 2.30. The van der Waals surface area contributed by atoms with Crippen LogP contribution in [0.25, 0.3) is 0 Å². The predicted octanol–water partition coefficient (Wildman–Crippen LogP) is 3.88. The largest absolute Gasteiger partial charge is 0.598 e. The molecule has 0 aliphatic heterocycles. The van der Waals surface area contributed by atoms with E-state index in [0.717, 1.165) is 20.9 Å². The van der Waals surface area contributed by atoms with Crippen molar-refractivity contribution in [3.05, 3.63) is 59.7 Å². The number of benzene rings is 2. The van der Waals surface area contributed by atoms with Gasteiger partial charge in [-0.3, -0.25) is 0 Å². The van der Waals surface area contributed by atoms with Crippen LogP contribution >= 0.6 is 11.8 Å². The van der Waals surface area contributed by atoms with Gasteiger partial charge in [0.15, 0.2) is 0 Å². The molecule has 0 amide bonds. The van der Waals surface area contributed by atoms with Gasteiger partial charge in [-0.2, -0.15) is 0 Å². The number of hydrogen-bond donors (Lipinski definition) is 2. The number of nitrogens with one attached hydrogen (secondary N) is 1. The monoisotopic (exact) mass is 349 g/mol. The molecule has 0 fully saturated rings. The number of rotatable bonds is 6. The lowest BCUT2D eigenvalue weighted by Gasteiger charge is -2.23. The first kappa shape index (κ1) is 18.4. The summed E-state index contributed by atoms with van der Waals surface area (Å²) in [7, 11) is 0. The molecule has 23 heavy (non-hydrogen) atoms. The Balaban J connectivity index is 1.97. The third-order valence-electron chi connectivity index (χ3n) is 3.26. The predicted molar refractivity (Wildman–Crippen MR) is 97.7 cm³/mol. The summed E-state index contributed by atoms with van der Waals surface area (Å²) < 4.78 is 14.8. The van der Waals surface area contributed by atoms with Crippen LogP contribution in [0.5, 0.6) is 0 Å². The number of hydrogen-bond acceptors (Lipinski definition) is 4. The zero-order valence-electron chi connectivity index (χ0n) is 13.7. The highest BCUT2D eigenvalue weighted by atomic mass is 32.2. The molecule has 2 rings (SSSR count). The van der Waals surface area contributed by atoms with Gasteiger partial charge < -0.3 is 9.66 Å². The van der Waals surface area contributed by atoms with Gasteiger partial charge in [0, 0.05) is 21.2 Å². The Morgan fingerprint density at radius 3 is 2.35 bits per heavy atom. The van der Waals surface area contributed by atoms with E-state index >= 15 is 0 Å². The molecule has 0 aromatic heterocycles. The van der Waals surface area contributed by atoms with Crippen LogP contribution in [0.15, 0.2) is 58.3 Å². The van der Waals surface area contributed by atoms with E-state index in [-0.39, 0.29) is 11.4 Å². The van der Waals surface area contributed by atoms with E-state index in [4.69, 9.17) is 0 Å². The highest BCUT2D eigenvalue weighted by molar-refractivity contribution is 7.99. The first-order valence-electron chi connectivity index (χ1n) is 7.51. The Hall–Kier alpha value is -0.980. The van der Waals surface area contributed by atoms with E-state index in [1.54, 1.807) is 11.8 Å². The van der Waals surface area contributed by atoms with Gasteiger partial charge in [0.25, 0.3) is 0 Å². The molecule has 0 saturated heterocycles. The highest BCUT2D eigenvalue weighted by Gasteiger charge is 2.25. The van der Waals surface area contributed by atoms with Crippen molar-refractivity contribution in [3.63, 3.8) is 0 Å². The van der Waals surface area contributed by atoms with Crippen molar-refractivity contribution in [1.82, 2.24) is 4.72 Å². The normalized spacial score (nSPS) is 13.1. The van der Waals surface area contributed by atoms with Crippen LogP contribution in [0, 0.1) is 0 Å². The third-order valence-corrected chi connectivity index (χ3v) is 5.90. The molecule has 0 saturated carbocycles. The van der Waals surface area contributed by atoms with Crippen molar-refractivity contribution < 1.29 is 9.66 Å². The van der Waals surface area contributed by atoms with Crippen molar-refractivity contribution in [2.75, 3.05) is 0 Å². The summed E-state index contributed by atoms with van der Waals surface area (Å²) in [5.41, 5.74) is 2.03. The smallest absolute Gasteiger partial charge is 0.136 e. The second kappa shape index (κ2) is 8.22. The third kappa shape index (κ3) is 5.55. The Kier molecular flexibility index (Phi) is 6.56. The van der Waals surface area contributed by atoms with Crippen molar-refractivity contribution in [3.8, 4) is 0 Å². The molecular weight excluding hydrogens is 326 g/mol. The van der Waals surface area contributed by atoms with E-state index in [1.807, 2.05) is 57.2 Å². The van der Waals surface area contributed by atoms with Crippen LogP contribution in [0.1, 0.15) is 31.9 Å². The molecule has 0 spiro atoms. The van der Waals surface area contributed by atoms with Gasteiger partial charge in [-0.25, -0.2) is 0 Å². The van der Waals surface area contributed by atoms with Crippen LogP contribution in [0.2, 0.25) is 0 Å². The number of aliphatic hydroxyl groups excluding tert-OH is 1. The maximum Gasteiger partial charge on any atom is 0.136 e. The minimum atomic E-state index is -1.06. The van der Waals surface area contributed by atoms with E-state index in [1.165, 1.54) is 0 Å². The molecule has 0 aliphatic carbocycles. The molecule has 2 aromatic rings. The standard InChI is InChI=1S/C18H23NO2S2/c1-18(2,3)23(21)19-12-14-8-10-16(11-9-14)22-17-7-5-4-6-15(17)13-20/h4-11,19-20H,12-13H2,1-3H3. The quantitative estimate of drug-likeness (QED) is 0.777. The zero-order valence-corrected chi connectivity index (χ0v) is 15.3. The Labute approximate surface area is 145 Å². The van der Waals surface area contributed by atoms with Gasteiger partial charge in [-0.15, -0.1) is 4.72 Å². The lowest BCUT2D eigenvalue weighted by Crippen LogP contribution is -2.38. The summed E-state index contributed by atoms with van der Waals surface area (Å²) >= 11 is 0.574. The summed E-state index contributed by atoms with van der Waals surface area (Å²) in [5, 5.41) is 9.38. The summed E-state index contributed by atoms with van der Waals surface area (Å²) in [6, 6.07) is 16.0. The Bertz CT molecular complexity index is 624. The molecule has 3 nitrogen and oxygen atoms in total. The molecular formula is C18H23NO2S2. The maximum atomic E-state index is 12.0. The molecule has 0 radical (unpaired) electrons. The van der Waals surface area contributed by atoms with Gasteiger partial charge in [0.1, 0.15) is 4.75 Å². The fourth-order valence-corrected chi connectivity index (χ4v) is 3.57. The number of aliphatic hydroxyl groups is 1. The van der Waals surface area contributed by atoms with Gasteiger partial charge in [-0.1, -0.05) is 42.1 Å². The first-order valence-corrected chi connectivity index (χ1v) is 9.48. The van der Waals surface area contributed by atoms with Crippen molar-refractivity contribution in [2.45, 2.75) is 48.5 Å². The van der Waals surface area contributed by atoms with Gasteiger partial charge >= 0.3 is 0 Å². The minimum absolute atomic E-state index is 0.0454. The molecule has 0 heterocycles. The van der Waals surface area contributed by atoms with Gasteiger partial charge in [-0.05, 0) is 50.1 Å². The maximum absolute atomic E-state index is 12.0. The molecule has 2 N–H and O–H groups in total. The first-order chi connectivity index (χ1) is 10.9. The lowest BCUT2D eigenvalue weighted by atomic mass is 10.2. The fraction of sp³-hybridized carbons (Fsp3) is 0.333. The molecule has 5 heteroatoms. The SMILES string of the molecule is CC(C)(C)[S+]([O-])NCc1ccc(Sc2ccccc2CO)cc1. The second-order valence-corrected chi connectivity index (χ2v) is 9.38. The van der Waals surface area contributed by atoms with E-state index < -0.39 is 11.4 Å². The van der Waals surface area contributed by atoms with Crippen LogP contribution in [0.4, 0.5) is 0 Å².